The van der Waals surface area contributed by atoms with E-state index in [4.69, 9.17) is 18.2 Å². The Hall–Kier alpha value is -2.44. The lowest BCUT2D eigenvalue weighted by molar-refractivity contribution is 0.101. The van der Waals surface area contributed by atoms with Gasteiger partial charge >= 0.3 is 10.2 Å². The number of rotatable bonds is 3. The van der Waals surface area contributed by atoms with E-state index < -0.39 is 22.0 Å². The van der Waals surface area contributed by atoms with Crippen LogP contribution in [-0.4, -0.2) is 32.9 Å². The average molecular weight is 411 g/mol. The monoisotopic (exact) mass is 410 g/mol. The second-order valence-corrected chi connectivity index (χ2v) is 8.73. The maximum absolute atomic E-state index is 13.3. The van der Waals surface area contributed by atoms with Gasteiger partial charge in [-0.2, -0.15) is 8.42 Å². The van der Waals surface area contributed by atoms with E-state index in [1.807, 2.05) is 0 Å². The average Bonchev–Trinajstić information content (AvgIpc) is 3.19. The van der Waals surface area contributed by atoms with Gasteiger partial charge in [0.25, 0.3) is 5.92 Å². The first-order chi connectivity index (χ1) is 12.6. The zero-order valence-electron chi connectivity index (χ0n) is 14.0. The van der Waals surface area contributed by atoms with Crippen LogP contribution in [0.1, 0.15) is 6.42 Å². The summed E-state index contributed by atoms with van der Waals surface area (Å²) in [6, 6.07) is 8.00. The summed E-state index contributed by atoms with van der Waals surface area (Å²) in [5, 5.41) is 0.0570. The van der Waals surface area contributed by atoms with Gasteiger partial charge in [-0.15, -0.1) is 0 Å². The maximum atomic E-state index is 13.3. The molecule has 1 aliphatic heterocycles. The van der Waals surface area contributed by atoms with E-state index >= 15 is 0 Å². The maximum Gasteiger partial charge on any atom is 0.326 e. The summed E-state index contributed by atoms with van der Waals surface area (Å²) >= 11 is 5.97. The molecule has 1 fully saturated rings. The van der Waals surface area contributed by atoms with Gasteiger partial charge < -0.3 is 0 Å². The number of benzene rings is 1. The largest absolute Gasteiger partial charge is 0.326 e. The highest BCUT2D eigenvalue weighted by molar-refractivity contribution is 7.94. The van der Waals surface area contributed by atoms with Crippen LogP contribution in [0.4, 0.5) is 25.8 Å². The van der Waals surface area contributed by atoms with Gasteiger partial charge in [0.05, 0.1) is 23.6 Å². The molecule has 0 saturated heterocycles. The fraction of sp³-hybridized carbons (Fsp3) is 0.294. The molecule has 0 radical (unpaired) electrons. The minimum Gasteiger partial charge on any atom is -0.254 e. The Morgan fingerprint density at radius 1 is 1.33 bits per heavy atom. The van der Waals surface area contributed by atoms with Gasteiger partial charge in [-0.3, -0.25) is 8.61 Å². The number of fused-ring (bicyclic) bond motifs is 1. The topological polar surface area (TPSA) is 57.9 Å². The summed E-state index contributed by atoms with van der Waals surface area (Å²) in [6.07, 6.45) is -0.300. The van der Waals surface area contributed by atoms with Gasteiger partial charge in [0, 0.05) is 31.5 Å². The van der Waals surface area contributed by atoms with Crippen LogP contribution in [0.25, 0.3) is 16.1 Å². The number of alkyl halides is 2. The lowest BCUT2D eigenvalue weighted by atomic mass is 10.1. The Bertz CT molecular complexity index is 1100. The van der Waals surface area contributed by atoms with E-state index in [9.17, 15) is 17.2 Å². The van der Waals surface area contributed by atoms with E-state index in [1.54, 1.807) is 24.3 Å². The van der Waals surface area contributed by atoms with Gasteiger partial charge in [-0.05, 0) is 18.2 Å². The summed E-state index contributed by atoms with van der Waals surface area (Å²) in [5.41, 5.74) is 2.04. The molecule has 1 aromatic heterocycles. The van der Waals surface area contributed by atoms with E-state index in [2.05, 4.69) is 9.83 Å². The molecule has 6 nitrogen and oxygen atoms in total. The molecule has 10 heteroatoms. The number of hydrogen-bond acceptors (Lipinski definition) is 3. The van der Waals surface area contributed by atoms with Gasteiger partial charge in [0.15, 0.2) is 0 Å². The first-order valence-electron chi connectivity index (χ1n) is 7.98. The summed E-state index contributed by atoms with van der Waals surface area (Å²) in [6.45, 7) is 6.76. The van der Waals surface area contributed by atoms with Gasteiger partial charge in [0.2, 0.25) is 5.69 Å². The van der Waals surface area contributed by atoms with Gasteiger partial charge in [-0.25, -0.2) is 18.6 Å². The molecule has 4 rings (SSSR count). The van der Waals surface area contributed by atoms with Gasteiger partial charge in [-0.1, -0.05) is 23.7 Å². The molecule has 2 aromatic rings. The minimum atomic E-state index is -3.90. The molecule has 0 amide bonds. The predicted octanol–water partition coefficient (Wildman–Crippen LogP) is 4.11. The molecule has 0 bridgehead atoms. The van der Waals surface area contributed by atoms with Crippen molar-refractivity contribution in [3.8, 4) is 11.3 Å². The highest BCUT2D eigenvalue weighted by Crippen LogP contribution is 2.51. The molecule has 2 aliphatic rings. The molecule has 0 spiro atoms. The van der Waals surface area contributed by atoms with Crippen molar-refractivity contribution in [1.29, 1.82) is 0 Å². The van der Waals surface area contributed by atoms with E-state index in [0.717, 1.165) is 8.61 Å². The van der Waals surface area contributed by atoms with Crippen LogP contribution >= 0.6 is 11.6 Å². The van der Waals surface area contributed by atoms with Crippen LogP contribution in [0.2, 0.25) is 5.15 Å². The van der Waals surface area contributed by atoms with Crippen molar-refractivity contribution >= 4 is 38.9 Å². The Morgan fingerprint density at radius 3 is 2.63 bits per heavy atom. The normalized spacial score (nSPS) is 21.7. The SMILES string of the molecule is [C-]#[N+]c1ccc(-c2ccc3c(c2)N(C)S(=O)(=O)N3CC2CC2(F)F)nc1Cl. The van der Waals surface area contributed by atoms with E-state index in [0.29, 0.717) is 22.6 Å². The molecular weight excluding hydrogens is 398 g/mol. The molecule has 1 atom stereocenters. The zero-order valence-corrected chi connectivity index (χ0v) is 15.6. The van der Waals surface area contributed by atoms with Crippen LogP contribution < -0.4 is 8.61 Å². The van der Waals surface area contributed by atoms with Crippen LogP contribution in [0.5, 0.6) is 0 Å². The Morgan fingerprint density at radius 2 is 2.04 bits per heavy atom. The van der Waals surface area contributed by atoms with Crippen molar-refractivity contribution in [1.82, 2.24) is 4.98 Å². The molecular formula is C17H13ClF2N4O2S. The van der Waals surface area contributed by atoms with Crippen molar-refractivity contribution in [3.63, 3.8) is 0 Å². The van der Waals surface area contributed by atoms with Crippen LogP contribution in [0, 0.1) is 12.5 Å². The molecule has 1 aliphatic carbocycles. The van der Waals surface area contributed by atoms with Crippen molar-refractivity contribution in [3.05, 3.63) is 46.9 Å². The van der Waals surface area contributed by atoms with Gasteiger partial charge in [0.1, 0.15) is 5.15 Å². The fourth-order valence-corrected chi connectivity index (χ4v) is 4.73. The molecule has 1 saturated carbocycles. The third-order valence-corrected chi connectivity index (χ3v) is 6.86. The summed E-state index contributed by atoms with van der Waals surface area (Å²) in [5.74, 6) is -3.77. The molecule has 2 heterocycles. The zero-order chi connectivity index (χ0) is 19.6. The van der Waals surface area contributed by atoms with Crippen molar-refractivity contribution in [2.24, 2.45) is 5.92 Å². The number of hydrogen-bond donors (Lipinski definition) is 0. The van der Waals surface area contributed by atoms with Crippen molar-refractivity contribution in [2.45, 2.75) is 12.3 Å². The smallest absolute Gasteiger partial charge is 0.254 e. The number of nitrogens with zero attached hydrogens (tertiary/aromatic N) is 4. The fourth-order valence-electron chi connectivity index (χ4n) is 3.07. The Balaban J connectivity index is 1.73. The number of anilines is 2. The molecule has 0 N–H and O–H groups in total. The number of pyridine rings is 1. The highest BCUT2D eigenvalue weighted by atomic mass is 35.5. The number of halogens is 3. The lowest BCUT2D eigenvalue weighted by Gasteiger charge is -2.18. The van der Waals surface area contributed by atoms with Crippen molar-refractivity contribution < 1.29 is 17.2 Å². The Kier molecular flexibility index (Phi) is 3.84. The summed E-state index contributed by atoms with van der Waals surface area (Å²) < 4.78 is 54.0. The molecule has 140 valence electrons. The molecule has 1 aromatic carbocycles. The second kappa shape index (κ2) is 5.78. The molecule has 1 unspecified atom stereocenters. The van der Waals surface area contributed by atoms with Crippen LogP contribution in [0.15, 0.2) is 30.3 Å². The highest BCUT2D eigenvalue weighted by Gasteiger charge is 2.59. The molecule has 27 heavy (non-hydrogen) atoms. The van der Waals surface area contributed by atoms with Crippen molar-refractivity contribution in [2.75, 3.05) is 22.2 Å². The third kappa shape index (κ3) is 2.80. The van der Waals surface area contributed by atoms with Crippen LogP contribution in [0.3, 0.4) is 0 Å². The quantitative estimate of drug-likeness (QED) is 0.565. The second-order valence-electron chi connectivity index (χ2n) is 6.49. The lowest BCUT2D eigenvalue weighted by Crippen LogP contribution is -2.37. The minimum absolute atomic E-state index is 0.0570. The van der Waals surface area contributed by atoms with E-state index in [-0.39, 0.29) is 23.8 Å². The summed E-state index contributed by atoms with van der Waals surface area (Å²) in [7, 11) is -2.52. The Labute approximate surface area is 160 Å². The predicted molar refractivity (Wildman–Crippen MR) is 98.7 cm³/mol. The standard InChI is InChI=1S/C17H13ClF2N4O2S/c1-21-13-5-4-12(22-16(13)18)10-3-6-14-15(7-10)23(2)27(25,26)24(14)9-11-8-17(11,19)20/h3-7,11H,8-9H2,2H3. The summed E-state index contributed by atoms with van der Waals surface area (Å²) in [4.78, 5) is 7.42. The first kappa shape index (κ1) is 17.9. The number of aromatic nitrogens is 1. The van der Waals surface area contributed by atoms with E-state index in [1.165, 1.54) is 13.1 Å². The third-order valence-electron chi connectivity index (χ3n) is 4.80. The first-order valence-corrected chi connectivity index (χ1v) is 9.75. The van der Waals surface area contributed by atoms with Crippen LogP contribution in [-0.2, 0) is 10.2 Å².